The van der Waals surface area contributed by atoms with Crippen LogP contribution in [-0.2, 0) is 19.8 Å². The quantitative estimate of drug-likeness (QED) is 0.376. The van der Waals surface area contributed by atoms with Crippen molar-refractivity contribution in [1.82, 2.24) is 23.9 Å². The maximum atomic E-state index is 14.2. The molecular weight excluding hydrogens is 452 g/mol. The minimum atomic E-state index is -4.48. The lowest BCUT2D eigenvalue weighted by Gasteiger charge is -2.07. The molecule has 5 aromatic rings. The summed E-state index contributed by atoms with van der Waals surface area (Å²) in [6.45, 7) is 1.03. The van der Waals surface area contributed by atoms with Crippen molar-refractivity contribution in [1.29, 1.82) is 0 Å². The number of fused-ring (bicyclic) bond motifs is 2. The van der Waals surface area contributed by atoms with Gasteiger partial charge in [0.05, 0.1) is 16.8 Å². The number of nitrogens with two attached hydrogens (primary N) is 1. The van der Waals surface area contributed by atoms with Gasteiger partial charge in [-0.3, -0.25) is 0 Å². The number of aromatic nitrogens is 5. The summed E-state index contributed by atoms with van der Waals surface area (Å²) in [5.41, 5.74) is 6.24. The van der Waals surface area contributed by atoms with Gasteiger partial charge < -0.3 is 14.9 Å². The fourth-order valence-electron chi connectivity index (χ4n) is 4.31. The van der Waals surface area contributed by atoms with Crippen LogP contribution in [0.2, 0.25) is 0 Å². The molecule has 2 aromatic carbocycles. The molecule has 0 radical (unpaired) electrons. The van der Waals surface area contributed by atoms with Crippen molar-refractivity contribution in [3.63, 3.8) is 0 Å². The van der Waals surface area contributed by atoms with Crippen LogP contribution in [-0.4, -0.2) is 30.4 Å². The number of aryl methyl sites for hydroxylation is 2. The minimum Gasteiger partial charge on any atom is -0.350 e. The Bertz CT molecular complexity index is 1590. The molecule has 7 nitrogen and oxygen atoms in total. The van der Waals surface area contributed by atoms with E-state index in [9.17, 15) is 22.4 Å². The summed E-state index contributed by atoms with van der Waals surface area (Å²) in [6.07, 6.45) is -0.459. The second-order valence-electron chi connectivity index (χ2n) is 8.08. The van der Waals surface area contributed by atoms with Crippen molar-refractivity contribution in [3.05, 3.63) is 70.7 Å². The maximum Gasteiger partial charge on any atom is 0.416 e. The van der Waals surface area contributed by atoms with Crippen LogP contribution in [0, 0.1) is 5.82 Å². The predicted octanol–water partition coefficient (Wildman–Crippen LogP) is 4.18. The van der Waals surface area contributed by atoms with Crippen LogP contribution in [0.25, 0.3) is 38.9 Å². The molecule has 0 amide bonds. The summed E-state index contributed by atoms with van der Waals surface area (Å²) in [5, 5.41) is 7.58. The molecule has 0 atom stereocenters. The van der Waals surface area contributed by atoms with E-state index in [0.717, 1.165) is 17.6 Å². The van der Waals surface area contributed by atoms with Crippen LogP contribution >= 0.6 is 0 Å². The highest BCUT2D eigenvalue weighted by Gasteiger charge is 2.31. The van der Waals surface area contributed by atoms with Gasteiger partial charge in [-0.15, -0.1) is 0 Å². The van der Waals surface area contributed by atoms with Gasteiger partial charge in [0.1, 0.15) is 5.82 Å². The zero-order valence-corrected chi connectivity index (χ0v) is 18.0. The highest BCUT2D eigenvalue weighted by molar-refractivity contribution is 5.96. The summed E-state index contributed by atoms with van der Waals surface area (Å²) in [5.74, 6) is -0.259. The number of hydrogen-bond donors (Lipinski definition) is 2. The van der Waals surface area contributed by atoms with E-state index in [1.807, 2.05) is 4.57 Å². The third-order valence-corrected chi connectivity index (χ3v) is 5.90. The number of hydrogen-bond acceptors (Lipinski definition) is 3. The number of rotatable bonds is 5. The lowest BCUT2D eigenvalue weighted by atomic mass is 10.1. The number of aromatic amines is 1. The fraction of sp³-hybridized carbons (Fsp3) is 0.217. The molecule has 0 spiro atoms. The summed E-state index contributed by atoms with van der Waals surface area (Å²) >= 11 is 0. The number of benzene rings is 2. The summed E-state index contributed by atoms with van der Waals surface area (Å²) < 4.78 is 58.6. The fourth-order valence-corrected chi connectivity index (χ4v) is 4.31. The van der Waals surface area contributed by atoms with Gasteiger partial charge in [0.15, 0.2) is 5.82 Å². The first-order valence-electron chi connectivity index (χ1n) is 10.5. The van der Waals surface area contributed by atoms with Crippen molar-refractivity contribution < 1.29 is 17.6 Å². The van der Waals surface area contributed by atoms with E-state index in [2.05, 4.69) is 10.2 Å². The van der Waals surface area contributed by atoms with Crippen LogP contribution in [0.1, 0.15) is 12.0 Å². The largest absolute Gasteiger partial charge is 0.416 e. The van der Waals surface area contributed by atoms with Crippen LogP contribution in [0.5, 0.6) is 0 Å². The van der Waals surface area contributed by atoms with Crippen molar-refractivity contribution in [2.45, 2.75) is 19.1 Å². The van der Waals surface area contributed by atoms with Crippen molar-refractivity contribution in [2.24, 2.45) is 12.8 Å². The van der Waals surface area contributed by atoms with E-state index in [1.165, 1.54) is 22.8 Å². The molecule has 0 bridgehead atoms. The molecule has 0 aliphatic heterocycles. The highest BCUT2D eigenvalue weighted by Crippen LogP contribution is 2.36. The average molecular weight is 472 g/mol. The van der Waals surface area contributed by atoms with E-state index in [0.29, 0.717) is 47.1 Å². The third kappa shape index (κ3) is 3.48. The molecule has 3 heterocycles. The van der Waals surface area contributed by atoms with Crippen molar-refractivity contribution >= 4 is 21.8 Å². The Morgan fingerprint density at radius 3 is 2.59 bits per heavy atom. The maximum absolute atomic E-state index is 14.2. The molecule has 0 unspecified atom stereocenters. The predicted molar refractivity (Wildman–Crippen MR) is 120 cm³/mol. The van der Waals surface area contributed by atoms with Gasteiger partial charge in [0.25, 0.3) is 0 Å². The molecular formula is C23H20F4N6O. The monoisotopic (exact) mass is 472 g/mol. The second kappa shape index (κ2) is 7.87. The molecule has 0 aliphatic carbocycles. The summed E-state index contributed by atoms with van der Waals surface area (Å²) in [6, 6.07) is 7.73. The van der Waals surface area contributed by atoms with Gasteiger partial charge in [-0.25, -0.2) is 18.9 Å². The van der Waals surface area contributed by atoms with Crippen LogP contribution in [0.15, 0.2) is 53.6 Å². The second-order valence-corrected chi connectivity index (χ2v) is 8.08. The SMILES string of the molecule is Cn1cc(-c2n[nH]c(=O)n2-c2cn(CCCN)c3ccc(F)cc23)c2ccc(C(F)(F)F)cc21. The Hall–Kier alpha value is -3.86. The van der Waals surface area contributed by atoms with E-state index in [1.54, 1.807) is 30.1 Å². The lowest BCUT2D eigenvalue weighted by molar-refractivity contribution is -0.137. The first kappa shape index (κ1) is 22.0. The lowest BCUT2D eigenvalue weighted by Crippen LogP contribution is -2.15. The van der Waals surface area contributed by atoms with Gasteiger partial charge in [-0.2, -0.15) is 18.3 Å². The average Bonchev–Trinajstić information content (AvgIpc) is 3.44. The topological polar surface area (TPSA) is 86.6 Å². The molecule has 11 heteroatoms. The molecule has 176 valence electrons. The number of nitrogens with zero attached hydrogens (tertiary/aromatic N) is 4. The van der Waals surface area contributed by atoms with Crippen LogP contribution in [0.4, 0.5) is 17.6 Å². The van der Waals surface area contributed by atoms with Gasteiger partial charge in [-0.1, -0.05) is 6.07 Å². The Balaban J connectivity index is 1.74. The van der Waals surface area contributed by atoms with Gasteiger partial charge in [-0.05, 0) is 43.3 Å². The summed E-state index contributed by atoms with van der Waals surface area (Å²) in [7, 11) is 1.62. The standard InChI is InChI=1S/C23H20F4N6O/c1-31-11-17(15-5-3-13(9-19(15)31)23(25,26)27)21-29-30-22(34)33(21)20-12-32(8-2-7-28)18-6-4-14(24)10-16(18)20/h3-6,9-12H,2,7-8,28H2,1H3,(H,30,34). The van der Waals surface area contributed by atoms with E-state index in [-0.39, 0.29) is 5.82 Å². The zero-order chi connectivity index (χ0) is 24.2. The van der Waals surface area contributed by atoms with Crippen LogP contribution in [0.3, 0.4) is 0 Å². The van der Waals surface area contributed by atoms with E-state index >= 15 is 0 Å². The zero-order valence-electron chi connectivity index (χ0n) is 18.0. The first-order chi connectivity index (χ1) is 16.2. The minimum absolute atomic E-state index is 0.206. The Labute approximate surface area is 190 Å². The first-order valence-corrected chi connectivity index (χ1v) is 10.5. The molecule has 3 N–H and O–H groups in total. The Morgan fingerprint density at radius 1 is 1.06 bits per heavy atom. The number of H-pyrrole nitrogens is 1. The van der Waals surface area contributed by atoms with Gasteiger partial charge in [0, 0.05) is 47.8 Å². The van der Waals surface area contributed by atoms with Gasteiger partial charge in [0.2, 0.25) is 0 Å². The molecule has 3 aromatic heterocycles. The number of halogens is 4. The molecule has 34 heavy (non-hydrogen) atoms. The smallest absolute Gasteiger partial charge is 0.350 e. The third-order valence-electron chi connectivity index (χ3n) is 5.90. The van der Waals surface area contributed by atoms with Gasteiger partial charge >= 0.3 is 11.9 Å². The van der Waals surface area contributed by atoms with Crippen LogP contribution < -0.4 is 11.4 Å². The molecule has 0 fully saturated rings. The Morgan fingerprint density at radius 2 is 1.85 bits per heavy atom. The number of nitrogens with one attached hydrogen (secondary N) is 1. The van der Waals surface area contributed by atoms with E-state index in [4.69, 9.17) is 5.73 Å². The number of alkyl halides is 3. The normalized spacial score (nSPS) is 12.3. The summed E-state index contributed by atoms with van der Waals surface area (Å²) in [4.78, 5) is 12.9. The molecule has 5 rings (SSSR count). The van der Waals surface area contributed by atoms with E-state index < -0.39 is 23.2 Å². The molecule has 0 saturated heterocycles. The molecule has 0 saturated carbocycles. The highest BCUT2D eigenvalue weighted by atomic mass is 19.4. The van der Waals surface area contributed by atoms with Crippen molar-refractivity contribution in [2.75, 3.05) is 6.54 Å². The molecule has 0 aliphatic rings. The van der Waals surface area contributed by atoms with Crippen molar-refractivity contribution in [3.8, 4) is 17.1 Å². The Kier molecular flexibility index (Phi) is 5.08.